The molecule has 7 heteroatoms. The fourth-order valence-corrected chi connectivity index (χ4v) is 3.90. The van der Waals surface area contributed by atoms with Gasteiger partial charge in [-0.25, -0.2) is 0 Å². The summed E-state index contributed by atoms with van der Waals surface area (Å²) in [6.07, 6.45) is 0. The highest BCUT2D eigenvalue weighted by molar-refractivity contribution is 6.42. The number of hydrogen-bond acceptors (Lipinski definition) is 3. The minimum atomic E-state index is -0.260. The first-order valence-electron chi connectivity index (χ1n) is 9.97. The van der Waals surface area contributed by atoms with Crippen molar-refractivity contribution in [2.24, 2.45) is 0 Å². The zero-order chi connectivity index (χ0) is 21.8. The molecule has 1 aliphatic rings. The topological polar surface area (TPSA) is 52.7 Å². The standard InChI is InChI=1S/C24H21Cl2N3O2/c25-19-11-10-18(16-20(19)26)23(30)27-21-8-4-5-9-22(21)28-12-14-29(15-13-28)24(31)17-6-2-1-3-7-17/h1-11,16H,12-15H2,(H,27,30). The van der Waals surface area contributed by atoms with Crippen molar-refractivity contribution in [2.75, 3.05) is 36.4 Å². The molecule has 1 saturated heterocycles. The fourth-order valence-electron chi connectivity index (χ4n) is 3.60. The van der Waals surface area contributed by atoms with E-state index >= 15 is 0 Å². The number of halogens is 2. The summed E-state index contributed by atoms with van der Waals surface area (Å²) in [5.41, 5.74) is 2.76. The molecule has 3 aromatic rings. The molecule has 31 heavy (non-hydrogen) atoms. The van der Waals surface area contributed by atoms with Crippen LogP contribution in [0.4, 0.5) is 11.4 Å². The predicted octanol–water partition coefficient (Wildman–Crippen LogP) is 5.21. The molecule has 5 nitrogen and oxygen atoms in total. The molecule has 0 bridgehead atoms. The van der Waals surface area contributed by atoms with E-state index in [1.165, 1.54) is 0 Å². The van der Waals surface area contributed by atoms with Gasteiger partial charge in [0.15, 0.2) is 0 Å². The Labute approximate surface area is 191 Å². The van der Waals surface area contributed by atoms with Gasteiger partial charge in [0.25, 0.3) is 11.8 Å². The summed E-state index contributed by atoms with van der Waals surface area (Å²) in [6, 6.07) is 21.8. The molecule has 4 rings (SSSR count). The molecule has 2 amide bonds. The Balaban J connectivity index is 1.45. The SMILES string of the molecule is O=C(Nc1ccccc1N1CCN(C(=O)c2ccccc2)CC1)c1ccc(Cl)c(Cl)c1. The van der Waals surface area contributed by atoms with Gasteiger partial charge in [-0.1, -0.05) is 53.5 Å². The van der Waals surface area contributed by atoms with Gasteiger partial charge in [-0.15, -0.1) is 0 Å². The summed E-state index contributed by atoms with van der Waals surface area (Å²) in [5, 5.41) is 3.71. The lowest BCUT2D eigenvalue weighted by atomic mass is 10.1. The first-order valence-corrected chi connectivity index (χ1v) is 10.7. The largest absolute Gasteiger partial charge is 0.366 e. The maximum absolute atomic E-state index is 12.7. The Morgan fingerprint density at radius 2 is 1.42 bits per heavy atom. The molecule has 0 aromatic heterocycles. The minimum absolute atomic E-state index is 0.0430. The first kappa shape index (κ1) is 21.2. The predicted molar refractivity (Wildman–Crippen MR) is 125 cm³/mol. The summed E-state index contributed by atoms with van der Waals surface area (Å²) in [6.45, 7) is 2.59. The number of para-hydroxylation sites is 2. The van der Waals surface area contributed by atoms with Gasteiger partial charge >= 0.3 is 0 Å². The van der Waals surface area contributed by atoms with Crippen molar-refractivity contribution in [3.8, 4) is 0 Å². The van der Waals surface area contributed by atoms with Crippen molar-refractivity contribution in [1.29, 1.82) is 0 Å². The Bertz CT molecular complexity index is 1100. The number of carbonyl (C=O) groups excluding carboxylic acids is 2. The van der Waals surface area contributed by atoms with Crippen molar-refractivity contribution < 1.29 is 9.59 Å². The van der Waals surface area contributed by atoms with Crippen LogP contribution >= 0.6 is 23.2 Å². The molecule has 0 radical (unpaired) electrons. The van der Waals surface area contributed by atoms with Gasteiger partial charge in [-0.05, 0) is 42.5 Å². The maximum atomic E-state index is 12.7. The van der Waals surface area contributed by atoms with E-state index < -0.39 is 0 Å². The second-order valence-corrected chi connectivity index (χ2v) is 8.06. The second-order valence-electron chi connectivity index (χ2n) is 7.25. The van der Waals surface area contributed by atoms with Crippen molar-refractivity contribution >= 4 is 46.4 Å². The number of carbonyl (C=O) groups is 2. The Morgan fingerprint density at radius 3 is 2.13 bits per heavy atom. The van der Waals surface area contributed by atoms with Gasteiger partial charge in [-0.2, -0.15) is 0 Å². The van der Waals surface area contributed by atoms with Crippen molar-refractivity contribution in [3.63, 3.8) is 0 Å². The summed E-state index contributed by atoms with van der Waals surface area (Å²) in [7, 11) is 0. The average molecular weight is 454 g/mol. The van der Waals surface area contributed by atoms with Crippen molar-refractivity contribution in [1.82, 2.24) is 4.90 Å². The number of nitrogens with one attached hydrogen (secondary N) is 1. The van der Waals surface area contributed by atoms with Crippen molar-refractivity contribution in [2.45, 2.75) is 0 Å². The lowest BCUT2D eigenvalue weighted by molar-refractivity contribution is 0.0746. The number of hydrogen-bond donors (Lipinski definition) is 1. The van der Waals surface area contributed by atoms with Gasteiger partial charge in [-0.3, -0.25) is 9.59 Å². The summed E-state index contributed by atoms with van der Waals surface area (Å²) in [4.78, 5) is 29.5. The molecular formula is C24H21Cl2N3O2. The van der Waals surface area contributed by atoms with E-state index in [1.54, 1.807) is 18.2 Å². The second kappa shape index (κ2) is 9.41. The molecule has 0 atom stereocenters. The van der Waals surface area contributed by atoms with Crippen LogP contribution < -0.4 is 10.2 Å². The van der Waals surface area contributed by atoms with E-state index in [2.05, 4.69) is 10.2 Å². The van der Waals surface area contributed by atoms with Crippen LogP contribution in [0, 0.1) is 0 Å². The molecule has 1 heterocycles. The monoisotopic (exact) mass is 453 g/mol. The molecule has 1 N–H and O–H groups in total. The molecule has 1 aliphatic heterocycles. The molecule has 1 fully saturated rings. The van der Waals surface area contributed by atoms with E-state index in [0.717, 1.165) is 5.69 Å². The number of piperazine rings is 1. The third-order valence-corrected chi connectivity index (χ3v) is 6.00. The van der Waals surface area contributed by atoms with Gasteiger partial charge in [0.1, 0.15) is 0 Å². The number of amides is 2. The third-order valence-electron chi connectivity index (χ3n) is 5.26. The van der Waals surface area contributed by atoms with Crippen LogP contribution in [0.1, 0.15) is 20.7 Å². The van der Waals surface area contributed by atoms with Crippen LogP contribution in [0.5, 0.6) is 0 Å². The number of nitrogens with zero attached hydrogens (tertiary/aromatic N) is 2. The highest BCUT2D eigenvalue weighted by Gasteiger charge is 2.23. The van der Waals surface area contributed by atoms with Crippen LogP contribution in [-0.4, -0.2) is 42.9 Å². The highest BCUT2D eigenvalue weighted by Crippen LogP contribution is 2.28. The normalized spacial score (nSPS) is 13.7. The zero-order valence-electron chi connectivity index (χ0n) is 16.7. The minimum Gasteiger partial charge on any atom is -0.366 e. The highest BCUT2D eigenvalue weighted by atomic mass is 35.5. The number of anilines is 2. The van der Waals surface area contributed by atoms with Gasteiger partial charge in [0.05, 0.1) is 21.4 Å². The molecular weight excluding hydrogens is 433 g/mol. The average Bonchev–Trinajstić information content (AvgIpc) is 2.81. The van der Waals surface area contributed by atoms with Crippen LogP contribution in [0.2, 0.25) is 10.0 Å². The van der Waals surface area contributed by atoms with Gasteiger partial charge in [0.2, 0.25) is 0 Å². The smallest absolute Gasteiger partial charge is 0.255 e. The first-order chi connectivity index (χ1) is 15.0. The Kier molecular flexibility index (Phi) is 6.44. The van der Waals surface area contributed by atoms with Crippen LogP contribution in [0.15, 0.2) is 72.8 Å². The fraction of sp³-hybridized carbons (Fsp3) is 0.167. The third kappa shape index (κ3) is 4.84. The molecule has 158 valence electrons. The summed E-state index contributed by atoms with van der Waals surface area (Å²) < 4.78 is 0. The van der Waals surface area contributed by atoms with E-state index in [9.17, 15) is 9.59 Å². The zero-order valence-corrected chi connectivity index (χ0v) is 18.2. The van der Waals surface area contributed by atoms with E-state index in [1.807, 2.05) is 59.5 Å². The maximum Gasteiger partial charge on any atom is 0.255 e. The van der Waals surface area contributed by atoms with E-state index in [4.69, 9.17) is 23.2 Å². The lowest BCUT2D eigenvalue weighted by Gasteiger charge is -2.37. The number of rotatable bonds is 4. The van der Waals surface area contributed by atoms with E-state index in [-0.39, 0.29) is 11.8 Å². The van der Waals surface area contributed by atoms with Gasteiger partial charge < -0.3 is 15.1 Å². The molecule has 0 spiro atoms. The summed E-state index contributed by atoms with van der Waals surface area (Å²) >= 11 is 12.0. The van der Waals surface area contributed by atoms with Crippen molar-refractivity contribution in [3.05, 3.63) is 94.0 Å². The summed E-state index contributed by atoms with van der Waals surface area (Å²) in [5.74, 6) is -0.217. The van der Waals surface area contributed by atoms with E-state index in [0.29, 0.717) is 53.0 Å². The molecule has 0 saturated carbocycles. The number of benzene rings is 3. The Hall–Kier alpha value is -3.02. The van der Waals surface area contributed by atoms with Gasteiger partial charge in [0, 0.05) is 37.3 Å². The molecule has 3 aromatic carbocycles. The van der Waals surface area contributed by atoms with Crippen LogP contribution in [-0.2, 0) is 0 Å². The quantitative estimate of drug-likeness (QED) is 0.589. The molecule has 0 aliphatic carbocycles. The lowest BCUT2D eigenvalue weighted by Crippen LogP contribution is -2.49. The van der Waals surface area contributed by atoms with Crippen LogP contribution in [0.3, 0.4) is 0 Å². The van der Waals surface area contributed by atoms with Crippen LogP contribution in [0.25, 0.3) is 0 Å². The Morgan fingerprint density at radius 1 is 0.742 bits per heavy atom. The molecule has 0 unspecified atom stereocenters.